The molecule has 0 radical (unpaired) electrons. The normalized spacial score (nSPS) is 10.5. The summed E-state index contributed by atoms with van der Waals surface area (Å²) in [5.41, 5.74) is 1.67. The van der Waals surface area contributed by atoms with Gasteiger partial charge in [0.15, 0.2) is 0 Å². The van der Waals surface area contributed by atoms with Crippen LogP contribution in [0, 0.1) is 6.92 Å². The van der Waals surface area contributed by atoms with Gasteiger partial charge in [0.25, 0.3) is 0 Å². The number of rotatable bonds is 2. The van der Waals surface area contributed by atoms with Gasteiger partial charge in [-0.3, -0.25) is 0 Å². The summed E-state index contributed by atoms with van der Waals surface area (Å²) in [6.45, 7) is 1.84. The van der Waals surface area contributed by atoms with E-state index >= 15 is 0 Å². The number of oxime groups is 1. The van der Waals surface area contributed by atoms with Crippen molar-refractivity contribution in [3.05, 3.63) is 29.3 Å². The van der Waals surface area contributed by atoms with Gasteiger partial charge < -0.3 is 9.94 Å². The molecule has 0 aliphatic carbocycles. The molecule has 0 bridgehead atoms. The number of nitrogens with zero attached hydrogens (tertiary/aromatic N) is 1. The Hall–Kier alpha value is -1.51. The van der Waals surface area contributed by atoms with Gasteiger partial charge in [-0.2, -0.15) is 0 Å². The second kappa shape index (κ2) is 3.76. The second-order valence-electron chi connectivity index (χ2n) is 2.46. The molecule has 3 nitrogen and oxygen atoms in total. The fourth-order valence-electron chi connectivity index (χ4n) is 0.820. The summed E-state index contributed by atoms with van der Waals surface area (Å²) in [4.78, 5) is 4.50. The maximum Gasteiger partial charge on any atom is 0.119 e. The smallest absolute Gasteiger partial charge is 0.119 e. The van der Waals surface area contributed by atoms with Crippen LogP contribution in [0.4, 0.5) is 0 Å². The van der Waals surface area contributed by atoms with E-state index in [-0.39, 0.29) is 5.75 Å². The summed E-state index contributed by atoms with van der Waals surface area (Å²) in [5.74, 6) is 0.273. The average Bonchev–Trinajstić information content (AvgIpc) is 2.07. The summed E-state index contributed by atoms with van der Waals surface area (Å²) in [6.07, 6.45) is 1.54. The molecule has 1 N–H and O–H groups in total. The molecule has 0 amide bonds. The highest BCUT2D eigenvalue weighted by Gasteiger charge is 1.95. The Morgan fingerprint density at radius 1 is 1.50 bits per heavy atom. The first-order valence-electron chi connectivity index (χ1n) is 3.60. The molecular weight excluding hydrogens is 154 g/mol. The molecule has 0 aliphatic heterocycles. The molecule has 0 aliphatic rings. The Morgan fingerprint density at radius 3 is 2.83 bits per heavy atom. The van der Waals surface area contributed by atoms with Crippen molar-refractivity contribution >= 4 is 6.21 Å². The van der Waals surface area contributed by atoms with E-state index in [0.717, 1.165) is 11.1 Å². The van der Waals surface area contributed by atoms with Crippen LogP contribution in [0.25, 0.3) is 0 Å². The van der Waals surface area contributed by atoms with Crippen molar-refractivity contribution in [3.8, 4) is 5.75 Å². The lowest BCUT2D eigenvalue weighted by molar-refractivity contribution is 0.215. The number of hydrogen-bond acceptors (Lipinski definition) is 3. The molecule has 12 heavy (non-hydrogen) atoms. The molecule has 1 aromatic rings. The van der Waals surface area contributed by atoms with Crippen LogP contribution >= 0.6 is 0 Å². The molecule has 0 saturated carbocycles. The zero-order valence-corrected chi connectivity index (χ0v) is 7.11. The second-order valence-corrected chi connectivity index (χ2v) is 2.46. The topological polar surface area (TPSA) is 41.8 Å². The maximum absolute atomic E-state index is 9.30. The van der Waals surface area contributed by atoms with Crippen LogP contribution in [0.15, 0.2) is 23.4 Å². The fourth-order valence-corrected chi connectivity index (χ4v) is 0.820. The van der Waals surface area contributed by atoms with Gasteiger partial charge in [0, 0.05) is 0 Å². The van der Waals surface area contributed by atoms with E-state index < -0.39 is 0 Å². The monoisotopic (exact) mass is 165 g/mol. The van der Waals surface area contributed by atoms with Crippen LogP contribution in [0.1, 0.15) is 11.1 Å². The highest BCUT2D eigenvalue weighted by Crippen LogP contribution is 2.15. The quantitative estimate of drug-likeness (QED) is 0.535. The molecule has 0 aromatic heterocycles. The van der Waals surface area contributed by atoms with Gasteiger partial charge in [-0.25, -0.2) is 0 Å². The third kappa shape index (κ3) is 1.99. The van der Waals surface area contributed by atoms with Crippen molar-refractivity contribution < 1.29 is 9.94 Å². The number of benzene rings is 1. The third-order valence-electron chi connectivity index (χ3n) is 1.54. The lowest BCUT2D eigenvalue weighted by Gasteiger charge is -1.98. The Balaban J connectivity index is 2.89. The fraction of sp³-hybridized carbons (Fsp3) is 0.222. The van der Waals surface area contributed by atoms with Crippen molar-refractivity contribution in [3.63, 3.8) is 0 Å². The van der Waals surface area contributed by atoms with Crippen molar-refractivity contribution in [1.82, 2.24) is 0 Å². The van der Waals surface area contributed by atoms with E-state index in [1.54, 1.807) is 12.3 Å². The predicted octanol–water partition coefficient (Wildman–Crippen LogP) is 1.68. The summed E-state index contributed by atoms with van der Waals surface area (Å²) in [5, 5.41) is 12.9. The van der Waals surface area contributed by atoms with E-state index in [4.69, 9.17) is 0 Å². The molecule has 3 heteroatoms. The van der Waals surface area contributed by atoms with Crippen LogP contribution in [-0.4, -0.2) is 18.4 Å². The minimum atomic E-state index is 0.273. The largest absolute Gasteiger partial charge is 0.508 e. The van der Waals surface area contributed by atoms with E-state index in [9.17, 15) is 5.11 Å². The predicted molar refractivity (Wildman–Crippen MR) is 47.4 cm³/mol. The van der Waals surface area contributed by atoms with Crippen molar-refractivity contribution in [2.24, 2.45) is 5.16 Å². The minimum absolute atomic E-state index is 0.273. The zero-order chi connectivity index (χ0) is 8.97. The zero-order valence-electron chi connectivity index (χ0n) is 7.11. The van der Waals surface area contributed by atoms with Gasteiger partial charge in [0.05, 0.1) is 6.21 Å². The van der Waals surface area contributed by atoms with Gasteiger partial charge in [-0.15, -0.1) is 0 Å². The lowest BCUT2D eigenvalue weighted by Crippen LogP contribution is -1.83. The first-order chi connectivity index (χ1) is 5.74. The molecule has 0 atom stereocenters. The highest BCUT2D eigenvalue weighted by molar-refractivity contribution is 5.79. The van der Waals surface area contributed by atoms with E-state index in [0.29, 0.717) is 0 Å². The summed E-state index contributed by atoms with van der Waals surface area (Å²) in [7, 11) is 1.48. The van der Waals surface area contributed by atoms with Gasteiger partial charge in [-0.1, -0.05) is 17.3 Å². The SMILES string of the molecule is CO/N=C/c1ccc(C)c(O)c1. The molecule has 1 rings (SSSR count). The minimum Gasteiger partial charge on any atom is -0.508 e. The van der Waals surface area contributed by atoms with Crippen LogP contribution in [0.5, 0.6) is 5.75 Å². The molecule has 0 saturated heterocycles. The number of phenolic OH excluding ortho intramolecular Hbond substituents is 1. The standard InChI is InChI=1S/C9H11NO2/c1-7-3-4-8(5-9(7)11)6-10-12-2/h3-6,11H,1-2H3/b10-6+. The molecule has 0 unspecified atom stereocenters. The van der Waals surface area contributed by atoms with Gasteiger partial charge in [0.2, 0.25) is 0 Å². The molecule has 64 valence electrons. The Bertz CT molecular complexity index is 295. The molecule has 0 heterocycles. The van der Waals surface area contributed by atoms with E-state index in [1.165, 1.54) is 7.11 Å². The number of phenols is 1. The number of hydrogen-bond donors (Lipinski definition) is 1. The third-order valence-corrected chi connectivity index (χ3v) is 1.54. The van der Waals surface area contributed by atoms with Crippen LogP contribution in [-0.2, 0) is 4.84 Å². The van der Waals surface area contributed by atoms with Crippen molar-refractivity contribution in [1.29, 1.82) is 0 Å². The van der Waals surface area contributed by atoms with E-state index in [2.05, 4.69) is 9.99 Å². The lowest BCUT2D eigenvalue weighted by atomic mass is 10.1. The van der Waals surface area contributed by atoms with Crippen molar-refractivity contribution in [2.75, 3.05) is 7.11 Å². The summed E-state index contributed by atoms with van der Waals surface area (Å²) < 4.78 is 0. The first-order valence-corrected chi connectivity index (χ1v) is 3.60. The summed E-state index contributed by atoms with van der Waals surface area (Å²) in [6, 6.07) is 5.32. The van der Waals surface area contributed by atoms with Gasteiger partial charge >= 0.3 is 0 Å². The molecular formula is C9H11NO2. The Kier molecular flexibility index (Phi) is 2.69. The molecule has 0 fully saturated rings. The first kappa shape index (κ1) is 8.59. The average molecular weight is 165 g/mol. The summed E-state index contributed by atoms with van der Waals surface area (Å²) >= 11 is 0. The number of aromatic hydroxyl groups is 1. The van der Waals surface area contributed by atoms with E-state index in [1.807, 2.05) is 19.1 Å². The Morgan fingerprint density at radius 2 is 2.25 bits per heavy atom. The van der Waals surface area contributed by atoms with Crippen LogP contribution < -0.4 is 0 Å². The maximum atomic E-state index is 9.30. The highest BCUT2D eigenvalue weighted by atomic mass is 16.6. The van der Waals surface area contributed by atoms with Crippen LogP contribution in [0.2, 0.25) is 0 Å². The molecule has 0 spiro atoms. The van der Waals surface area contributed by atoms with Crippen LogP contribution in [0.3, 0.4) is 0 Å². The number of aryl methyl sites for hydroxylation is 1. The molecule has 1 aromatic carbocycles. The van der Waals surface area contributed by atoms with Crippen molar-refractivity contribution in [2.45, 2.75) is 6.92 Å². The van der Waals surface area contributed by atoms with Gasteiger partial charge in [-0.05, 0) is 24.1 Å². The van der Waals surface area contributed by atoms with Gasteiger partial charge in [0.1, 0.15) is 12.9 Å². The Labute approximate surface area is 71.3 Å².